The first-order valence-electron chi connectivity index (χ1n) is 7.87. The summed E-state index contributed by atoms with van der Waals surface area (Å²) in [5.74, 6) is 0.0590. The second kappa shape index (κ2) is 9.30. The van der Waals surface area contributed by atoms with Gasteiger partial charge in [0.1, 0.15) is 6.61 Å². The molecule has 0 saturated carbocycles. The third-order valence-corrected chi connectivity index (χ3v) is 3.42. The van der Waals surface area contributed by atoms with E-state index < -0.39 is 6.09 Å². The lowest BCUT2D eigenvalue weighted by Crippen LogP contribution is -2.24. The molecule has 0 fully saturated rings. The van der Waals surface area contributed by atoms with Gasteiger partial charge in [-0.2, -0.15) is 0 Å². The molecule has 0 bridgehead atoms. The first-order chi connectivity index (χ1) is 11.6. The first kappa shape index (κ1) is 17.5. The van der Waals surface area contributed by atoms with Gasteiger partial charge in [0.2, 0.25) is 0 Å². The van der Waals surface area contributed by atoms with Crippen molar-refractivity contribution >= 4 is 18.0 Å². The minimum absolute atomic E-state index is 0.0590. The second-order valence-electron chi connectivity index (χ2n) is 5.36. The lowest BCUT2D eigenvalue weighted by Gasteiger charge is -2.05. The maximum absolute atomic E-state index is 11.6. The molecule has 1 amide bonds. The summed E-state index contributed by atoms with van der Waals surface area (Å²) in [4.78, 5) is 22.8. The van der Waals surface area contributed by atoms with E-state index in [9.17, 15) is 9.59 Å². The quantitative estimate of drug-likeness (QED) is 0.613. The maximum Gasteiger partial charge on any atom is 0.407 e. The van der Waals surface area contributed by atoms with Gasteiger partial charge in [-0.05, 0) is 24.5 Å². The number of nitrogens with one attached hydrogen (secondary N) is 1. The molecule has 0 unspecified atom stereocenters. The SMILES string of the molecule is CC(=O)c1ccc(C=CCCNC(=O)OCc2ccccc2)cc1. The van der Waals surface area contributed by atoms with Crippen molar-refractivity contribution in [3.05, 3.63) is 77.4 Å². The zero-order chi connectivity index (χ0) is 17.2. The third kappa shape index (κ3) is 6.08. The molecule has 0 spiro atoms. The summed E-state index contributed by atoms with van der Waals surface area (Å²) in [6, 6.07) is 17.0. The highest BCUT2D eigenvalue weighted by Crippen LogP contribution is 2.07. The van der Waals surface area contributed by atoms with E-state index in [-0.39, 0.29) is 12.4 Å². The molecule has 24 heavy (non-hydrogen) atoms. The molecular formula is C20H21NO3. The van der Waals surface area contributed by atoms with E-state index >= 15 is 0 Å². The molecule has 0 atom stereocenters. The van der Waals surface area contributed by atoms with Crippen LogP contribution in [0.3, 0.4) is 0 Å². The van der Waals surface area contributed by atoms with Crippen LogP contribution in [-0.2, 0) is 11.3 Å². The zero-order valence-corrected chi connectivity index (χ0v) is 13.7. The lowest BCUT2D eigenvalue weighted by atomic mass is 10.1. The van der Waals surface area contributed by atoms with Gasteiger partial charge in [0.15, 0.2) is 5.78 Å². The molecule has 2 aromatic carbocycles. The minimum atomic E-state index is -0.418. The molecule has 0 radical (unpaired) electrons. The standard InChI is InChI=1S/C20H21NO3/c1-16(22)19-12-10-17(11-13-19)7-5-6-14-21-20(23)24-15-18-8-3-2-4-9-18/h2-5,7-13H,6,14-15H2,1H3,(H,21,23). The van der Waals surface area contributed by atoms with Gasteiger partial charge in [-0.1, -0.05) is 66.7 Å². The molecule has 0 aliphatic heterocycles. The van der Waals surface area contributed by atoms with Crippen LogP contribution in [0.5, 0.6) is 0 Å². The van der Waals surface area contributed by atoms with Gasteiger partial charge in [0, 0.05) is 12.1 Å². The van der Waals surface area contributed by atoms with Crippen molar-refractivity contribution in [3.63, 3.8) is 0 Å². The maximum atomic E-state index is 11.6. The number of hydrogen-bond acceptors (Lipinski definition) is 3. The molecule has 0 aliphatic rings. The molecule has 0 saturated heterocycles. The van der Waals surface area contributed by atoms with Gasteiger partial charge >= 0.3 is 6.09 Å². The fourth-order valence-corrected chi connectivity index (χ4v) is 2.08. The van der Waals surface area contributed by atoms with Crippen LogP contribution >= 0.6 is 0 Å². The van der Waals surface area contributed by atoms with Crippen LogP contribution in [0, 0.1) is 0 Å². The average Bonchev–Trinajstić information content (AvgIpc) is 2.61. The molecule has 0 aromatic heterocycles. The summed E-state index contributed by atoms with van der Waals surface area (Å²) in [5.41, 5.74) is 2.68. The summed E-state index contributed by atoms with van der Waals surface area (Å²) >= 11 is 0. The van der Waals surface area contributed by atoms with E-state index in [0.717, 1.165) is 11.1 Å². The fourth-order valence-electron chi connectivity index (χ4n) is 2.08. The number of carbonyl (C=O) groups excluding carboxylic acids is 2. The van der Waals surface area contributed by atoms with Crippen molar-refractivity contribution in [2.24, 2.45) is 0 Å². The Bertz CT molecular complexity index is 691. The van der Waals surface area contributed by atoms with Gasteiger partial charge in [0.05, 0.1) is 0 Å². The summed E-state index contributed by atoms with van der Waals surface area (Å²) in [7, 11) is 0. The Balaban J connectivity index is 1.65. The number of hydrogen-bond donors (Lipinski definition) is 1. The second-order valence-corrected chi connectivity index (χ2v) is 5.36. The van der Waals surface area contributed by atoms with Crippen molar-refractivity contribution in [3.8, 4) is 0 Å². The Morgan fingerprint density at radius 2 is 1.75 bits per heavy atom. The minimum Gasteiger partial charge on any atom is -0.445 e. The van der Waals surface area contributed by atoms with Crippen molar-refractivity contribution in [1.29, 1.82) is 0 Å². The van der Waals surface area contributed by atoms with Crippen molar-refractivity contribution in [2.45, 2.75) is 20.0 Å². The average molecular weight is 323 g/mol. The number of ether oxygens (including phenoxy) is 1. The molecule has 4 nitrogen and oxygen atoms in total. The highest BCUT2D eigenvalue weighted by atomic mass is 16.5. The number of benzene rings is 2. The van der Waals surface area contributed by atoms with Crippen LogP contribution in [0.1, 0.15) is 34.8 Å². The van der Waals surface area contributed by atoms with Crippen LogP contribution in [0.4, 0.5) is 4.79 Å². The molecule has 4 heteroatoms. The molecule has 0 aliphatic carbocycles. The van der Waals surface area contributed by atoms with Crippen LogP contribution in [0.2, 0.25) is 0 Å². The Morgan fingerprint density at radius 3 is 2.42 bits per heavy atom. The predicted octanol–water partition coefficient (Wildman–Crippen LogP) is 4.22. The first-order valence-corrected chi connectivity index (χ1v) is 7.87. The molecular weight excluding hydrogens is 302 g/mol. The van der Waals surface area contributed by atoms with E-state index in [4.69, 9.17) is 4.74 Å². The molecule has 0 heterocycles. The zero-order valence-electron chi connectivity index (χ0n) is 13.7. The van der Waals surface area contributed by atoms with Gasteiger partial charge in [-0.25, -0.2) is 4.79 Å². The number of alkyl carbamates (subject to hydrolysis) is 1. The van der Waals surface area contributed by atoms with Crippen LogP contribution in [0.15, 0.2) is 60.7 Å². The number of rotatable bonds is 7. The number of Topliss-reactive ketones (excluding diaryl/α,β-unsaturated/α-hetero) is 1. The normalized spacial score (nSPS) is 10.5. The topological polar surface area (TPSA) is 55.4 Å². The monoisotopic (exact) mass is 323 g/mol. The summed E-state index contributed by atoms with van der Waals surface area (Å²) in [6.07, 6.45) is 4.22. The van der Waals surface area contributed by atoms with Crippen LogP contribution < -0.4 is 5.32 Å². The Kier molecular flexibility index (Phi) is 6.77. The van der Waals surface area contributed by atoms with E-state index in [1.807, 2.05) is 54.6 Å². The van der Waals surface area contributed by atoms with Crippen molar-refractivity contribution < 1.29 is 14.3 Å². The Labute approximate surface area is 142 Å². The molecule has 124 valence electrons. The third-order valence-electron chi connectivity index (χ3n) is 3.42. The van der Waals surface area contributed by atoms with Gasteiger partial charge < -0.3 is 10.1 Å². The van der Waals surface area contributed by atoms with Crippen molar-refractivity contribution in [2.75, 3.05) is 6.54 Å². The smallest absolute Gasteiger partial charge is 0.407 e. The van der Waals surface area contributed by atoms with Gasteiger partial charge in [-0.3, -0.25) is 4.79 Å². The molecule has 2 aromatic rings. The highest BCUT2D eigenvalue weighted by Gasteiger charge is 2.01. The van der Waals surface area contributed by atoms with E-state index in [0.29, 0.717) is 18.5 Å². The van der Waals surface area contributed by atoms with E-state index in [1.165, 1.54) is 0 Å². The summed E-state index contributed by atoms with van der Waals surface area (Å²) in [5, 5.41) is 2.71. The Hall–Kier alpha value is -2.88. The molecule has 2 rings (SSSR count). The summed E-state index contributed by atoms with van der Waals surface area (Å²) in [6.45, 7) is 2.33. The lowest BCUT2D eigenvalue weighted by molar-refractivity contribution is 0.101. The largest absolute Gasteiger partial charge is 0.445 e. The molecule has 1 N–H and O–H groups in total. The van der Waals surface area contributed by atoms with Crippen molar-refractivity contribution in [1.82, 2.24) is 5.32 Å². The fraction of sp³-hybridized carbons (Fsp3) is 0.200. The van der Waals surface area contributed by atoms with Crippen LogP contribution in [-0.4, -0.2) is 18.4 Å². The number of carbonyl (C=O) groups is 2. The van der Waals surface area contributed by atoms with E-state index in [1.54, 1.807) is 19.1 Å². The number of ketones is 1. The van der Waals surface area contributed by atoms with Gasteiger partial charge in [0.25, 0.3) is 0 Å². The summed E-state index contributed by atoms with van der Waals surface area (Å²) < 4.78 is 5.12. The van der Waals surface area contributed by atoms with Crippen LogP contribution in [0.25, 0.3) is 6.08 Å². The van der Waals surface area contributed by atoms with E-state index in [2.05, 4.69) is 5.32 Å². The predicted molar refractivity (Wildman–Crippen MR) is 94.7 cm³/mol. The van der Waals surface area contributed by atoms with Gasteiger partial charge in [-0.15, -0.1) is 0 Å². The number of amides is 1. The Morgan fingerprint density at radius 1 is 1.04 bits per heavy atom. The highest BCUT2D eigenvalue weighted by molar-refractivity contribution is 5.94.